The van der Waals surface area contributed by atoms with Gasteiger partial charge < -0.3 is 133 Å². The maximum absolute atomic E-state index is 16.2. The number of hydrogen-bond donors (Lipinski definition) is 20. The van der Waals surface area contributed by atoms with E-state index in [1.54, 1.807) is 20.8 Å². The van der Waals surface area contributed by atoms with Gasteiger partial charge in [0.25, 0.3) is 11.7 Å². The SMILES string of the molecule is CN[C@@H](CC(C)C)C(=O)N[C@H]1C(=O)N[C@@H](CC(N)=O)C(=O)NC2C(=O)N[C@@H]3C(=O)N[C@@H](C(=O)N[C@@H](C(=O)O)c4cc(O)cc(O)c4-c4cc3ccc4O)[C@H](O)c3ccc(c(Cl)c3)Oc3cc2cc(c3OC2O[C@@H](CO)[C@@H](O)[C@@H](O)[C@H]2O[C@H]2C[C@@](C)(NCCn3ccc(NC(=O)c4cccc(SC(F)F)c4)nc3=O)[C@@H](O)[C@@H](C)O2)Oc2ccc(cc2Cl)[C@H]1O. The number of carbonyl (C=O) groups excluding carboxylic acids is 8. The number of aliphatic hydroxyl groups is 6. The first-order valence-corrected chi connectivity index (χ1v) is 39.8. The fraction of sp³-hybridized carbons (Fsp3) is 0.388. The smallest absolute Gasteiger partial charge is 0.349 e. The number of nitrogens with zero attached hydrogens (tertiary/aromatic N) is 2. The van der Waals surface area contributed by atoms with Crippen molar-refractivity contribution in [1.82, 2.24) is 52.1 Å². The van der Waals surface area contributed by atoms with E-state index in [0.717, 1.165) is 72.8 Å². The van der Waals surface area contributed by atoms with E-state index in [4.69, 9.17) is 57.4 Å². The molecule has 0 spiro atoms. The van der Waals surface area contributed by atoms with Crippen LogP contribution >= 0.6 is 35.0 Å². The van der Waals surface area contributed by atoms with Gasteiger partial charge in [0.1, 0.15) is 95.3 Å². The number of primary amides is 1. The number of phenolic OH excluding ortho intramolecular Hbond substituents is 3. The molecule has 2 fully saturated rings. The summed E-state index contributed by atoms with van der Waals surface area (Å²) in [5.41, 5.74) is 0.423. The maximum atomic E-state index is 16.2. The molecule has 21 N–H and O–H groups in total. The van der Waals surface area contributed by atoms with Crippen LogP contribution in [0.25, 0.3) is 11.1 Å². The van der Waals surface area contributed by atoms with Gasteiger partial charge in [0, 0.05) is 64.5 Å². The Kier molecular flexibility index (Phi) is 28.2. The molecule has 656 valence electrons. The topological polar surface area (TPSA) is 580 Å². The Bertz CT molecular complexity index is 5320. The van der Waals surface area contributed by atoms with Gasteiger partial charge in [-0.05, 0) is 134 Å². The third-order valence-corrected chi connectivity index (χ3v) is 22.3. The van der Waals surface area contributed by atoms with Crippen LogP contribution in [0.15, 0.2) is 125 Å². The number of ether oxygens (including phenoxy) is 6. The molecule has 43 heteroatoms. The number of likely N-dealkylation sites (N-methyl/N-ethyl adjacent to an activating group) is 1. The summed E-state index contributed by atoms with van der Waals surface area (Å²) in [6.07, 6.45) is -18.5. The number of carboxylic acid groups (broad SMARTS) is 1. The number of phenols is 3. The largest absolute Gasteiger partial charge is 0.508 e. The van der Waals surface area contributed by atoms with Crippen LogP contribution in [0.4, 0.5) is 14.6 Å². The third kappa shape index (κ3) is 20.4. The summed E-state index contributed by atoms with van der Waals surface area (Å²) in [6.45, 7) is 5.39. The number of halogens is 4. The first-order chi connectivity index (χ1) is 58.3. The van der Waals surface area contributed by atoms with Gasteiger partial charge in [-0.25, -0.2) is 9.59 Å². The number of hydrogen-bond acceptors (Lipinski definition) is 29. The van der Waals surface area contributed by atoms with E-state index in [2.05, 4.69) is 52.8 Å². The minimum Gasteiger partial charge on any atom is -0.508 e. The van der Waals surface area contributed by atoms with Gasteiger partial charge in [0.2, 0.25) is 53.4 Å². The summed E-state index contributed by atoms with van der Waals surface area (Å²) in [6, 6.07) is 5.42. The number of aliphatic hydroxyl groups excluding tert-OH is 6. The van der Waals surface area contributed by atoms with Gasteiger partial charge in [-0.2, -0.15) is 13.8 Å². The number of aromatic nitrogens is 2. The average Bonchev–Trinajstić information content (AvgIpc) is 0.763. The molecule has 0 saturated carbocycles. The number of carbonyl (C=O) groups is 9. The highest BCUT2D eigenvalue weighted by Crippen LogP contribution is 2.50. The molecular formula is C80H86Cl2F2N12O26S. The van der Waals surface area contributed by atoms with Gasteiger partial charge in [-0.15, -0.1) is 0 Å². The first-order valence-electron chi connectivity index (χ1n) is 38.2. The van der Waals surface area contributed by atoms with Crippen molar-refractivity contribution in [1.29, 1.82) is 0 Å². The van der Waals surface area contributed by atoms with Crippen LogP contribution in [0.2, 0.25) is 10.0 Å². The highest BCUT2D eigenvalue weighted by molar-refractivity contribution is 7.99. The number of benzene rings is 6. The minimum atomic E-state index is -2.75. The standard InChI is InChI=1S/C80H86Cl2F2N12O26S/c1-31(2)19-44(86-5)70(108)94-60-62(102)34-10-13-48(42(81)22-34)118-50-24-37-25-51(66(50)122-77-67(65(105)64(104)52(30-97)120-77)121-55-29-80(4,68(106)32(3)117-55)87-16-18-96-17-15-54(90-79(96)116)89-69(107)36-7-6-8-39(20-36)123-78(83)84)119-49-14-11-35(23-43(49)82)63(103)61-75(113)93-59(76(114)115)41-26-38(98)27-47(100)56(41)40-21-33(9-12-46(40)99)57(72(110)95-61)92-73(111)58(37)91-71(109)45(28-53(85)101)88-74(60)112/h6-15,17,20-27,31-32,44-45,52,55,57-65,67-68,77-78,86-87,97-100,102-106H,16,18-19,28-30H2,1-5H3,(H2,85,101)(H,88,112)(H,91,109)(H,92,111)(H,93,113)(H,94,108)(H,95,110)(H,114,115)(H,89,90,107,116)/t32-,44+,45+,52+,55+,57+,58?,59-,60-,61-,62-,63-,64-,65-,67-,68+,77?,80-/m1/s1. The molecule has 1 aromatic heterocycles. The molecule has 8 amide bonds. The minimum absolute atomic E-state index is 0.00893. The van der Waals surface area contributed by atoms with Crippen LogP contribution in [0.3, 0.4) is 0 Å². The number of rotatable bonds is 21. The number of carboxylic acids is 1. The van der Waals surface area contributed by atoms with Gasteiger partial charge in [-0.1, -0.05) is 73.1 Å². The molecule has 2 saturated heterocycles. The number of anilines is 1. The van der Waals surface area contributed by atoms with Crippen molar-refractivity contribution in [3.63, 3.8) is 0 Å². The van der Waals surface area contributed by atoms with Crippen LogP contribution in [-0.4, -0.2) is 219 Å². The van der Waals surface area contributed by atoms with Crippen molar-refractivity contribution in [3.8, 4) is 57.1 Å². The predicted octanol–water partition coefficient (Wildman–Crippen LogP) is 2.56. The lowest BCUT2D eigenvalue weighted by atomic mass is 9.85. The van der Waals surface area contributed by atoms with Crippen LogP contribution in [0.5, 0.6) is 46.0 Å². The molecule has 0 aliphatic carbocycles. The number of nitrogens with one attached hydrogen (secondary N) is 9. The number of alkyl halides is 2. The molecular weight excluding hydrogens is 1690 g/mol. The van der Waals surface area contributed by atoms with Gasteiger partial charge in [0.05, 0.1) is 41.3 Å². The number of fused-ring (bicyclic) bond motifs is 15. The van der Waals surface area contributed by atoms with Gasteiger partial charge in [-0.3, -0.25) is 42.9 Å². The first kappa shape index (κ1) is 90.8. The number of aliphatic carboxylic acids is 1. The van der Waals surface area contributed by atoms with Gasteiger partial charge in [0.15, 0.2) is 29.9 Å². The molecule has 38 nitrogen and oxygen atoms in total. The van der Waals surface area contributed by atoms with Crippen LogP contribution in [0, 0.1) is 5.92 Å². The summed E-state index contributed by atoms with van der Waals surface area (Å²) < 4.78 is 66.6. The summed E-state index contributed by atoms with van der Waals surface area (Å²) in [5.74, 6) is -20.3. The Hall–Kier alpha value is -11.4. The Morgan fingerprint density at radius 3 is 2.02 bits per heavy atom. The molecule has 6 aromatic carbocycles. The summed E-state index contributed by atoms with van der Waals surface area (Å²) >= 11 is 14.5. The van der Waals surface area contributed by atoms with E-state index >= 15 is 14.4 Å². The Labute approximate surface area is 711 Å². The fourth-order valence-corrected chi connectivity index (χ4v) is 15.8. The number of nitrogens with two attached hydrogens (primary N) is 1. The van der Waals surface area contributed by atoms with Crippen LogP contribution in [-0.2, 0) is 59.1 Å². The summed E-state index contributed by atoms with van der Waals surface area (Å²) in [7, 11) is 1.46. The van der Waals surface area contributed by atoms with E-state index in [1.807, 2.05) is 0 Å². The van der Waals surface area contributed by atoms with Crippen molar-refractivity contribution < 1.29 is 131 Å². The molecule has 11 bridgehead atoms. The zero-order chi connectivity index (χ0) is 89.1. The lowest BCUT2D eigenvalue weighted by molar-refractivity contribution is -0.334. The van der Waals surface area contributed by atoms with E-state index in [-0.39, 0.29) is 71.0 Å². The van der Waals surface area contributed by atoms with E-state index in [1.165, 1.54) is 61.1 Å². The second-order valence-corrected chi connectivity index (χ2v) is 32.1. The molecule has 7 aromatic rings. The molecule has 0 radical (unpaired) electrons. The average molecular weight is 1770 g/mol. The molecule has 7 aliphatic rings. The van der Waals surface area contributed by atoms with Crippen molar-refractivity contribution >= 4 is 94.0 Å². The second-order valence-electron chi connectivity index (χ2n) is 30.2. The highest BCUT2D eigenvalue weighted by Gasteiger charge is 2.52. The van der Waals surface area contributed by atoms with Gasteiger partial charge >= 0.3 is 11.7 Å². The van der Waals surface area contributed by atoms with Crippen molar-refractivity contribution in [2.24, 2.45) is 11.7 Å². The van der Waals surface area contributed by atoms with Crippen LogP contribution < -0.4 is 73.5 Å². The molecule has 123 heavy (non-hydrogen) atoms. The number of amides is 8. The quantitative estimate of drug-likeness (QED) is 0.0460. The Morgan fingerprint density at radius 2 is 1.39 bits per heavy atom. The lowest BCUT2D eigenvalue weighted by Crippen LogP contribution is -2.65. The molecule has 8 heterocycles. The molecule has 2 unspecified atom stereocenters. The second kappa shape index (κ2) is 38.1. The normalized spacial score (nSPS) is 26.2. The number of thioether (sulfide) groups is 1. The van der Waals surface area contributed by atoms with Crippen molar-refractivity contribution in [2.45, 2.75) is 173 Å². The summed E-state index contributed by atoms with van der Waals surface area (Å²) in [5, 5.41) is 139. The molecule has 18 atom stereocenters. The Balaban J connectivity index is 0.990. The zero-order valence-electron chi connectivity index (χ0n) is 65.6. The maximum Gasteiger partial charge on any atom is 0.349 e. The van der Waals surface area contributed by atoms with Crippen LogP contribution in [0.1, 0.15) is 115 Å². The predicted molar refractivity (Wildman–Crippen MR) is 428 cm³/mol. The molecule has 7 aliphatic heterocycles. The third-order valence-electron chi connectivity index (χ3n) is 21.1. The van der Waals surface area contributed by atoms with E-state index in [0.29, 0.717) is 0 Å². The van der Waals surface area contributed by atoms with E-state index < -0.39 is 271 Å². The van der Waals surface area contributed by atoms with E-state index in [9.17, 15) is 93.4 Å². The monoisotopic (exact) mass is 1770 g/mol. The zero-order valence-corrected chi connectivity index (χ0v) is 67.9. The lowest BCUT2D eigenvalue weighted by Gasteiger charge is -2.48. The fourth-order valence-electron chi connectivity index (χ4n) is 14.8. The highest BCUT2D eigenvalue weighted by atomic mass is 35.5. The number of aromatic hydroxyl groups is 3. The Morgan fingerprint density at radius 1 is 0.740 bits per heavy atom. The van der Waals surface area contributed by atoms with Crippen molar-refractivity contribution in [2.75, 3.05) is 25.5 Å². The summed E-state index contributed by atoms with van der Waals surface area (Å²) in [4.78, 5) is 149. The van der Waals surface area contributed by atoms with Crippen molar-refractivity contribution in [3.05, 3.63) is 169 Å². The molecule has 14 rings (SSSR count).